The molecule has 0 aliphatic carbocycles. The van der Waals surface area contributed by atoms with Crippen molar-refractivity contribution in [3.8, 4) is 0 Å². The molecule has 2 nitrogen and oxygen atoms in total. The van der Waals surface area contributed by atoms with Crippen LogP contribution in [-0.2, 0) is 0 Å². The number of carbonyl (C=O) groups is 1. The summed E-state index contributed by atoms with van der Waals surface area (Å²) in [6.45, 7) is 0. The van der Waals surface area contributed by atoms with Gasteiger partial charge in [-0.3, -0.25) is 4.79 Å². The molecule has 1 unspecified atom stereocenters. The van der Waals surface area contributed by atoms with E-state index in [1.54, 1.807) is 6.08 Å². The van der Waals surface area contributed by atoms with Crippen LogP contribution in [0.4, 0.5) is 0 Å². The zero-order chi connectivity index (χ0) is 13.1. The van der Waals surface area contributed by atoms with E-state index in [1.807, 2.05) is 38.4 Å². The Kier molecular flexibility index (Phi) is 4.71. The smallest absolute Gasteiger partial charge is 0.195 e. The van der Waals surface area contributed by atoms with Gasteiger partial charge in [-0.2, -0.15) is 0 Å². The Morgan fingerprint density at radius 2 is 2.17 bits per heavy atom. The molecule has 5 heteroatoms. The number of ketones is 1. The van der Waals surface area contributed by atoms with Gasteiger partial charge in [0.05, 0.1) is 18.4 Å². The van der Waals surface area contributed by atoms with Gasteiger partial charge in [0.15, 0.2) is 16.0 Å². The van der Waals surface area contributed by atoms with E-state index in [-0.39, 0.29) is 16.4 Å². The predicted molar refractivity (Wildman–Crippen MR) is 89.4 cm³/mol. The Balaban J connectivity index is 2.16. The number of halogens is 1. The van der Waals surface area contributed by atoms with Crippen molar-refractivity contribution in [2.24, 2.45) is 0 Å². The molecular formula is C13H13INOS2+. The minimum absolute atomic E-state index is 0.00763. The Hall–Kier alpha value is -0.500. The van der Waals surface area contributed by atoms with Crippen molar-refractivity contribution in [1.29, 1.82) is 0 Å². The van der Waals surface area contributed by atoms with E-state index in [2.05, 4.69) is 38.3 Å². The largest absolute Gasteiger partial charge is 0.288 e. The number of carbonyl (C=O) groups excluding carboxylic acids is 1. The molecule has 0 saturated heterocycles. The van der Waals surface area contributed by atoms with E-state index in [9.17, 15) is 4.79 Å². The van der Waals surface area contributed by atoms with E-state index in [1.165, 1.54) is 16.2 Å². The van der Waals surface area contributed by atoms with Crippen LogP contribution in [0.25, 0.3) is 6.08 Å². The van der Waals surface area contributed by atoms with Crippen molar-refractivity contribution in [1.82, 2.24) is 0 Å². The normalized spacial score (nSPS) is 12.6. The Morgan fingerprint density at radius 1 is 1.39 bits per heavy atom. The fraction of sp³-hybridized carbons (Fsp3) is 0.154. The third kappa shape index (κ3) is 3.28. The average Bonchev–Trinajstić information content (AvgIpc) is 2.94. The molecule has 0 spiro atoms. The highest BCUT2D eigenvalue weighted by atomic mass is 127. The van der Waals surface area contributed by atoms with Crippen LogP contribution in [0.1, 0.15) is 14.5 Å². The van der Waals surface area contributed by atoms with E-state index < -0.39 is 0 Å². The van der Waals surface area contributed by atoms with Gasteiger partial charge in [0.25, 0.3) is 0 Å². The van der Waals surface area contributed by atoms with E-state index in [0.29, 0.717) is 0 Å². The van der Waals surface area contributed by atoms with Gasteiger partial charge in [-0.25, -0.2) is 0 Å². The van der Waals surface area contributed by atoms with Crippen LogP contribution in [-0.4, -0.2) is 19.9 Å². The summed E-state index contributed by atoms with van der Waals surface area (Å²) < 4.78 is 3.29. The third-order valence-electron chi connectivity index (χ3n) is 2.32. The van der Waals surface area contributed by atoms with E-state index >= 15 is 0 Å². The van der Waals surface area contributed by atoms with Gasteiger partial charge in [0.1, 0.15) is 0 Å². The predicted octanol–water partition coefficient (Wildman–Crippen LogP) is 4.20. The summed E-state index contributed by atoms with van der Waals surface area (Å²) >= 11 is 3.76. The second kappa shape index (κ2) is 6.10. The first kappa shape index (κ1) is 13.9. The van der Waals surface area contributed by atoms with Crippen LogP contribution < -0.4 is 4.31 Å². The fourth-order valence-electron chi connectivity index (χ4n) is 1.50. The molecule has 0 aliphatic heterocycles. The van der Waals surface area contributed by atoms with Crippen LogP contribution in [0, 0.1) is 2.88 Å². The summed E-state index contributed by atoms with van der Waals surface area (Å²) in [5.74, 6) is 0.0815. The van der Waals surface area contributed by atoms with Crippen LogP contribution >= 0.6 is 44.6 Å². The molecule has 18 heavy (non-hydrogen) atoms. The molecule has 94 valence electrons. The Bertz CT molecular complexity index is 583. The van der Waals surface area contributed by atoms with Gasteiger partial charge in [-0.15, -0.1) is 15.6 Å². The van der Waals surface area contributed by atoms with Crippen LogP contribution in [0.5, 0.6) is 0 Å². The lowest BCUT2D eigenvalue weighted by Gasteiger charge is -1.97. The minimum atomic E-state index is -0.00763. The SMILES string of the molecule is CN(C)[s+]1cccc1C=CC(=O)c1ccc(I)s1. The Morgan fingerprint density at radius 3 is 2.78 bits per heavy atom. The summed E-state index contributed by atoms with van der Waals surface area (Å²) in [5.41, 5.74) is 0. The molecule has 2 heterocycles. The zero-order valence-corrected chi connectivity index (χ0v) is 13.9. The lowest BCUT2D eigenvalue weighted by atomic mass is 10.3. The second-order valence-corrected chi connectivity index (χ2v) is 8.91. The number of thiophene rings is 2. The van der Waals surface area contributed by atoms with Gasteiger partial charge in [-0.05, 0) is 46.9 Å². The summed E-state index contributed by atoms with van der Waals surface area (Å²) in [6.07, 6.45) is 3.60. The number of hydrogen-bond acceptors (Lipinski definition) is 3. The van der Waals surface area contributed by atoms with Crippen LogP contribution in [0.3, 0.4) is 0 Å². The topological polar surface area (TPSA) is 20.3 Å². The Labute approximate surface area is 127 Å². The maximum atomic E-state index is 12.0. The minimum Gasteiger partial charge on any atom is -0.288 e. The highest BCUT2D eigenvalue weighted by Crippen LogP contribution is 2.26. The van der Waals surface area contributed by atoms with E-state index in [4.69, 9.17) is 0 Å². The molecule has 0 amide bonds. The highest BCUT2D eigenvalue weighted by molar-refractivity contribution is 14.1. The number of hydrogen-bond donors (Lipinski definition) is 0. The molecule has 2 aromatic rings. The van der Waals surface area contributed by atoms with Gasteiger partial charge in [-0.1, -0.05) is 0 Å². The summed E-state index contributed by atoms with van der Waals surface area (Å²) in [5, 5.41) is 2.15. The van der Waals surface area contributed by atoms with E-state index in [0.717, 1.165) is 7.76 Å². The summed E-state index contributed by atoms with van der Waals surface area (Å²) in [7, 11) is 4.08. The lowest BCUT2D eigenvalue weighted by Crippen LogP contribution is -2.06. The molecule has 0 aliphatic rings. The molecule has 0 aromatic carbocycles. The molecule has 2 aromatic heterocycles. The number of allylic oxidation sites excluding steroid dienone is 1. The molecular weight excluding hydrogens is 377 g/mol. The summed E-state index contributed by atoms with van der Waals surface area (Å²) in [4.78, 5) is 13.9. The van der Waals surface area contributed by atoms with Crippen molar-refractivity contribution in [2.45, 2.75) is 0 Å². The maximum absolute atomic E-state index is 12.0. The summed E-state index contributed by atoms with van der Waals surface area (Å²) in [6, 6.07) is 7.95. The van der Waals surface area contributed by atoms with Crippen molar-refractivity contribution in [2.75, 3.05) is 18.4 Å². The van der Waals surface area contributed by atoms with Gasteiger partial charge >= 0.3 is 0 Å². The standard InChI is InChI=1S/C13H13INOS2/c1-15(2)18-9-3-4-10(18)5-6-11(16)12-7-8-13(14)17-12/h3-9H,1-2H3/q+1. The van der Waals surface area contributed by atoms with Crippen molar-refractivity contribution in [3.05, 3.63) is 48.4 Å². The van der Waals surface area contributed by atoms with Crippen molar-refractivity contribution in [3.63, 3.8) is 0 Å². The number of nitrogens with zero attached hydrogens (tertiary/aromatic N) is 1. The fourth-order valence-corrected chi connectivity index (χ4v) is 4.52. The monoisotopic (exact) mass is 390 g/mol. The molecule has 0 fully saturated rings. The van der Waals surface area contributed by atoms with Crippen LogP contribution in [0.2, 0.25) is 0 Å². The highest BCUT2D eigenvalue weighted by Gasteiger charge is 2.13. The molecule has 0 saturated carbocycles. The van der Waals surface area contributed by atoms with Gasteiger partial charge in [0, 0.05) is 26.2 Å². The molecule has 2 rings (SSSR count). The molecule has 0 bridgehead atoms. The van der Waals surface area contributed by atoms with Crippen molar-refractivity contribution < 1.29 is 4.79 Å². The quantitative estimate of drug-likeness (QED) is 0.338. The first-order valence-electron chi connectivity index (χ1n) is 5.34. The second-order valence-electron chi connectivity index (χ2n) is 3.83. The molecule has 0 radical (unpaired) electrons. The molecule has 0 N–H and O–H groups in total. The maximum Gasteiger partial charge on any atom is 0.195 e. The third-order valence-corrected chi connectivity index (χ3v) is 6.18. The molecule has 1 atom stereocenters. The van der Waals surface area contributed by atoms with Gasteiger partial charge < -0.3 is 0 Å². The van der Waals surface area contributed by atoms with Crippen LogP contribution in [0.15, 0.2) is 35.7 Å². The number of rotatable bonds is 4. The average molecular weight is 390 g/mol. The first-order valence-corrected chi connectivity index (χ1v) is 8.48. The lowest BCUT2D eigenvalue weighted by molar-refractivity contribution is 0.105. The zero-order valence-electron chi connectivity index (χ0n) is 10.1. The first-order chi connectivity index (χ1) is 8.58. The van der Waals surface area contributed by atoms with Gasteiger partial charge in [0.2, 0.25) is 0 Å². The van der Waals surface area contributed by atoms with Crippen molar-refractivity contribution >= 4 is 56.4 Å².